The minimum Gasteiger partial charge on any atom is -0.493 e. The fourth-order valence-electron chi connectivity index (χ4n) is 4.18. The van der Waals surface area contributed by atoms with Crippen LogP contribution < -0.4 is 9.47 Å². The lowest BCUT2D eigenvalue weighted by atomic mass is 9.84. The average molecular weight is 446 g/mol. The molecule has 0 aliphatic heterocycles. The highest BCUT2D eigenvalue weighted by Crippen LogP contribution is 2.41. The lowest BCUT2D eigenvalue weighted by molar-refractivity contribution is -0.143. The number of benzene rings is 3. The van der Waals surface area contributed by atoms with Gasteiger partial charge in [0.15, 0.2) is 11.5 Å². The molecule has 2 atom stereocenters. The van der Waals surface area contributed by atoms with E-state index in [0.717, 1.165) is 22.2 Å². The van der Waals surface area contributed by atoms with E-state index < -0.39 is 0 Å². The van der Waals surface area contributed by atoms with Crippen molar-refractivity contribution in [3.05, 3.63) is 83.9 Å². The van der Waals surface area contributed by atoms with E-state index in [4.69, 9.17) is 14.2 Å². The van der Waals surface area contributed by atoms with Gasteiger partial charge in [-0.25, -0.2) is 4.68 Å². The Morgan fingerprint density at radius 1 is 0.909 bits per heavy atom. The fraction of sp³-hybridized carbons (Fsp3) is 0.269. The molecule has 0 saturated heterocycles. The largest absolute Gasteiger partial charge is 0.493 e. The monoisotopic (exact) mass is 445 g/mol. The highest BCUT2D eigenvalue weighted by Gasteiger charge is 2.32. The van der Waals surface area contributed by atoms with Gasteiger partial charge in [0, 0.05) is 5.92 Å². The zero-order valence-corrected chi connectivity index (χ0v) is 19.0. The maximum absolute atomic E-state index is 12.7. The number of nitrogens with zero attached hydrogens (tertiary/aromatic N) is 3. The van der Waals surface area contributed by atoms with Gasteiger partial charge in [0.05, 0.1) is 38.8 Å². The molecule has 0 fully saturated rings. The normalized spacial score (nSPS) is 12.8. The standard InChI is InChI=1S/C26H27N3O4/c1-4-33-25(30)17-20(18-10-6-5-7-11-18)26(19-14-15-23(31-2)24(16-19)32-3)29-22-13-9-8-12-21(22)27-28-29/h5-16,20,26H,4,17H2,1-3H3. The minimum atomic E-state index is -0.344. The van der Waals surface area contributed by atoms with Crippen molar-refractivity contribution < 1.29 is 19.0 Å². The Kier molecular flexibility index (Phi) is 6.88. The van der Waals surface area contributed by atoms with Gasteiger partial charge in [0.25, 0.3) is 0 Å². The Labute approximate surface area is 192 Å². The van der Waals surface area contributed by atoms with E-state index in [0.29, 0.717) is 18.1 Å². The van der Waals surface area contributed by atoms with Gasteiger partial charge in [-0.05, 0) is 42.3 Å². The number of carbonyl (C=O) groups excluding carboxylic acids is 1. The highest BCUT2D eigenvalue weighted by atomic mass is 16.5. The number of carbonyl (C=O) groups is 1. The summed E-state index contributed by atoms with van der Waals surface area (Å²) in [5.74, 6) is 0.715. The average Bonchev–Trinajstić information content (AvgIpc) is 3.28. The Bertz CT molecular complexity index is 1220. The molecule has 4 aromatic rings. The molecular weight excluding hydrogens is 418 g/mol. The molecular formula is C26H27N3O4. The highest BCUT2D eigenvalue weighted by molar-refractivity contribution is 5.75. The Morgan fingerprint density at radius 3 is 2.36 bits per heavy atom. The number of ether oxygens (including phenoxy) is 3. The van der Waals surface area contributed by atoms with Crippen LogP contribution in [0.2, 0.25) is 0 Å². The minimum absolute atomic E-state index is 0.186. The Morgan fingerprint density at radius 2 is 1.64 bits per heavy atom. The second-order valence-corrected chi connectivity index (χ2v) is 7.61. The van der Waals surface area contributed by atoms with Gasteiger partial charge in [-0.2, -0.15) is 0 Å². The number of fused-ring (bicyclic) bond motifs is 1. The van der Waals surface area contributed by atoms with Gasteiger partial charge in [-0.15, -0.1) is 5.10 Å². The molecule has 1 aromatic heterocycles. The molecule has 0 saturated carbocycles. The first-order valence-corrected chi connectivity index (χ1v) is 10.9. The van der Waals surface area contributed by atoms with Crippen LogP contribution in [0.1, 0.15) is 36.4 Å². The second-order valence-electron chi connectivity index (χ2n) is 7.61. The summed E-state index contributed by atoms with van der Waals surface area (Å²) in [6, 6.07) is 23.2. The Hall–Kier alpha value is -3.87. The van der Waals surface area contributed by atoms with Crippen molar-refractivity contribution in [3.63, 3.8) is 0 Å². The summed E-state index contributed by atoms with van der Waals surface area (Å²) in [6.45, 7) is 2.14. The Balaban J connectivity index is 1.92. The molecule has 1 heterocycles. The van der Waals surface area contributed by atoms with Crippen LogP contribution in [-0.4, -0.2) is 41.8 Å². The van der Waals surface area contributed by atoms with Gasteiger partial charge < -0.3 is 14.2 Å². The third-order valence-electron chi connectivity index (χ3n) is 5.69. The van der Waals surface area contributed by atoms with Crippen LogP contribution in [0.5, 0.6) is 11.5 Å². The quantitative estimate of drug-likeness (QED) is 0.345. The summed E-state index contributed by atoms with van der Waals surface area (Å²) in [7, 11) is 3.21. The molecule has 0 N–H and O–H groups in total. The summed E-state index contributed by atoms with van der Waals surface area (Å²) in [4.78, 5) is 12.7. The smallest absolute Gasteiger partial charge is 0.306 e. The maximum Gasteiger partial charge on any atom is 0.306 e. The van der Waals surface area contributed by atoms with Gasteiger partial charge >= 0.3 is 5.97 Å². The van der Waals surface area contributed by atoms with Gasteiger partial charge in [-0.3, -0.25) is 4.79 Å². The third kappa shape index (κ3) is 4.67. The summed E-state index contributed by atoms with van der Waals surface area (Å²) in [5, 5.41) is 8.89. The molecule has 4 rings (SSSR count). The molecule has 0 bridgehead atoms. The van der Waals surface area contributed by atoms with Crippen molar-refractivity contribution in [1.82, 2.24) is 15.0 Å². The predicted molar refractivity (Wildman–Crippen MR) is 126 cm³/mol. The summed E-state index contributed by atoms with van der Waals surface area (Å²) >= 11 is 0. The van der Waals surface area contributed by atoms with Crippen LogP contribution in [0.4, 0.5) is 0 Å². The van der Waals surface area contributed by atoms with Crippen LogP contribution in [0, 0.1) is 0 Å². The van der Waals surface area contributed by atoms with Crippen molar-refractivity contribution >= 4 is 17.0 Å². The van der Waals surface area contributed by atoms with Crippen molar-refractivity contribution in [1.29, 1.82) is 0 Å². The van der Waals surface area contributed by atoms with Crippen molar-refractivity contribution in [3.8, 4) is 11.5 Å². The zero-order valence-electron chi connectivity index (χ0n) is 19.0. The van der Waals surface area contributed by atoms with Crippen LogP contribution in [0.25, 0.3) is 11.0 Å². The lowest BCUT2D eigenvalue weighted by Gasteiger charge is -2.28. The van der Waals surface area contributed by atoms with E-state index >= 15 is 0 Å². The van der Waals surface area contributed by atoms with Gasteiger partial charge in [0.1, 0.15) is 5.52 Å². The summed E-state index contributed by atoms with van der Waals surface area (Å²) < 4.78 is 18.2. The predicted octanol–water partition coefficient (Wildman–Crippen LogP) is 4.77. The molecule has 33 heavy (non-hydrogen) atoms. The van der Waals surface area contributed by atoms with Crippen LogP contribution in [0.3, 0.4) is 0 Å². The van der Waals surface area contributed by atoms with Crippen molar-refractivity contribution in [2.24, 2.45) is 0 Å². The first-order chi connectivity index (χ1) is 16.2. The van der Waals surface area contributed by atoms with Gasteiger partial charge in [-0.1, -0.05) is 53.7 Å². The number of aromatic nitrogens is 3. The van der Waals surface area contributed by atoms with E-state index in [1.165, 1.54) is 0 Å². The summed E-state index contributed by atoms with van der Waals surface area (Å²) in [6.07, 6.45) is 0.186. The number of hydrogen-bond acceptors (Lipinski definition) is 6. The van der Waals surface area contributed by atoms with E-state index in [2.05, 4.69) is 10.3 Å². The fourth-order valence-corrected chi connectivity index (χ4v) is 4.18. The van der Waals surface area contributed by atoms with E-state index in [1.807, 2.05) is 84.4 Å². The molecule has 7 nitrogen and oxygen atoms in total. The SMILES string of the molecule is CCOC(=O)CC(c1ccccc1)C(c1ccc(OC)c(OC)c1)n1nnc2ccccc21. The summed E-state index contributed by atoms with van der Waals surface area (Å²) in [5.41, 5.74) is 3.58. The van der Waals surface area contributed by atoms with Crippen LogP contribution >= 0.6 is 0 Å². The number of rotatable bonds is 9. The number of para-hydroxylation sites is 1. The zero-order chi connectivity index (χ0) is 23.2. The van der Waals surface area contributed by atoms with Crippen molar-refractivity contribution in [2.45, 2.75) is 25.3 Å². The molecule has 0 radical (unpaired) electrons. The van der Waals surface area contributed by atoms with E-state index in [1.54, 1.807) is 14.2 Å². The maximum atomic E-state index is 12.7. The lowest BCUT2D eigenvalue weighted by Crippen LogP contribution is -2.24. The molecule has 0 aliphatic rings. The molecule has 2 unspecified atom stereocenters. The number of methoxy groups -OCH3 is 2. The molecule has 3 aromatic carbocycles. The molecule has 0 spiro atoms. The second kappa shape index (κ2) is 10.2. The number of esters is 1. The first kappa shape index (κ1) is 22.3. The van der Waals surface area contributed by atoms with E-state index in [9.17, 15) is 4.79 Å². The molecule has 0 aliphatic carbocycles. The van der Waals surface area contributed by atoms with Crippen LogP contribution in [0.15, 0.2) is 72.8 Å². The van der Waals surface area contributed by atoms with E-state index in [-0.39, 0.29) is 24.3 Å². The van der Waals surface area contributed by atoms with Gasteiger partial charge in [0.2, 0.25) is 0 Å². The first-order valence-electron chi connectivity index (χ1n) is 10.9. The molecule has 170 valence electrons. The third-order valence-corrected chi connectivity index (χ3v) is 5.69. The molecule has 0 amide bonds. The topological polar surface area (TPSA) is 75.5 Å². The van der Waals surface area contributed by atoms with Crippen LogP contribution in [-0.2, 0) is 9.53 Å². The van der Waals surface area contributed by atoms with Crippen molar-refractivity contribution in [2.75, 3.05) is 20.8 Å². The molecule has 7 heteroatoms. The number of hydrogen-bond donors (Lipinski definition) is 0.